The van der Waals surface area contributed by atoms with E-state index in [2.05, 4.69) is 15.9 Å². The number of hydrogen-bond donors (Lipinski definition) is 1. The van der Waals surface area contributed by atoms with Crippen LogP contribution < -0.4 is 4.74 Å². The number of ether oxygens (including phenoxy) is 1. The maximum absolute atomic E-state index is 12.2. The molecule has 0 spiro atoms. The van der Waals surface area contributed by atoms with Crippen LogP contribution in [-0.4, -0.2) is 42.2 Å². The summed E-state index contributed by atoms with van der Waals surface area (Å²) in [5, 5.41) is 9.21. The van der Waals surface area contributed by atoms with Gasteiger partial charge in [-0.25, -0.2) is 0 Å². The van der Waals surface area contributed by atoms with Crippen LogP contribution >= 0.6 is 27.3 Å². The van der Waals surface area contributed by atoms with E-state index in [-0.39, 0.29) is 18.6 Å². The summed E-state index contributed by atoms with van der Waals surface area (Å²) in [6.07, 6.45) is 1.84. The molecule has 1 saturated heterocycles. The molecule has 0 saturated carbocycles. The lowest BCUT2D eigenvalue weighted by Crippen LogP contribution is -2.37. The fourth-order valence-electron chi connectivity index (χ4n) is 2.03. The normalized spacial score (nSPS) is 19.7. The molecule has 0 radical (unpaired) electrons. The summed E-state index contributed by atoms with van der Waals surface area (Å²) in [6, 6.07) is 1.71. The number of nitrogens with zero attached hydrogens (tertiary/aromatic N) is 1. The summed E-state index contributed by atoms with van der Waals surface area (Å²) in [4.78, 5) is 14.6. The van der Waals surface area contributed by atoms with E-state index in [1.54, 1.807) is 18.1 Å². The van der Waals surface area contributed by atoms with Crippen LogP contribution in [0.4, 0.5) is 0 Å². The van der Waals surface area contributed by atoms with Gasteiger partial charge >= 0.3 is 0 Å². The summed E-state index contributed by atoms with van der Waals surface area (Å²) in [5.41, 5.74) is 0. The first-order valence-electron chi connectivity index (χ1n) is 5.42. The number of likely N-dealkylation sites (tertiary alicyclic amines) is 1. The van der Waals surface area contributed by atoms with Crippen molar-refractivity contribution in [3.63, 3.8) is 0 Å². The standard InChI is InChI=1S/C11H14BrNO3S/c1-16-8-5-9(17-10(8)12)11(15)13-4-2-3-7(13)6-14/h5,7,14H,2-4,6H2,1H3/t7-/m1/s1. The average molecular weight is 320 g/mol. The predicted octanol–water partition coefficient (Wildman–Crippen LogP) is 2.12. The Morgan fingerprint density at radius 2 is 2.53 bits per heavy atom. The zero-order chi connectivity index (χ0) is 12.4. The van der Waals surface area contributed by atoms with Crippen LogP contribution in [0.2, 0.25) is 0 Å². The Bertz CT molecular complexity index is 421. The molecule has 0 bridgehead atoms. The molecule has 0 aliphatic carbocycles. The lowest BCUT2D eigenvalue weighted by Gasteiger charge is -2.22. The van der Waals surface area contributed by atoms with E-state index in [4.69, 9.17) is 4.74 Å². The minimum Gasteiger partial charge on any atom is -0.495 e. The first kappa shape index (κ1) is 12.9. The number of amides is 1. The van der Waals surface area contributed by atoms with Gasteiger partial charge in [-0.15, -0.1) is 11.3 Å². The topological polar surface area (TPSA) is 49.8 Å². The lowest BCUT2D eigenvalue weighted by atomic mass is 10.2. The van der Waals surface area contributed by atoms with Crippen molar-refractivity contribution < 1.29 is 14.6 Å². The number of carbonyl (C=O) groups is 1. The highest BCUT2D eigenvalue weighted by molar-refractivity contribution is 9.11. The molecule has 17 heavy (non-hydrogen) atoms. The largest absolute Gasteiger partial charge is 0.495 e. The van der Waals surface area contributed by atoms with Gasteiger partial charge in [0.25, 0.3) is 5.91 Å². The van der Waals surface area contributed by atoms with E-state index in [0.717, 1.165) is 23.2 Å². The third-order valence-corrected chi connectivity index (χ3v) is 4.70. The van der Waals surface area contributed by atoms with Crippen LogP contribution in [0.3, 0.4) is 0 Å². The quantitative estimate of drug-likeness (QED) is 0.928. The predicted molar refractivity (Wildman–Crippen MR) is 69.7 cm³/mol. The smallest absolute Gasteiger partial charge is 0.264 e. The molecular formula is C11H14BrNO3S. The van der Waals surface area contributed by atoms with Gasteiger partial charge in [0.15, 0.2) is 0 Å². The Morgan fingerprint density at radius 3 is 3.12 bits per heavy atom. The van der Waals surface area contributed by atoms with Gasteiger partial charge in [0.05, 0.1) is 24.6 Å². The maximum Gasteiger partial charge on any atom is 0.264 e. The summed E-state index contributed by atoms with van der Waals surface area (Å²) < 4.78 is 5.96. The Hall–Kier alpha value is -0.590. The lowest BCUT2D eigenvalue weighted by molar-refractivity contribution is 0.0682. The van der Waals surface area contributed by atoms with Crippen molar-refractivity contribution in [1.29, 1.82) is 0 Å². The van der Waals surface area contributed by atoms with Crippen molar-refractivity contribution in [2.45, 2.75) is 18.9 Å². The van der Waals surface area contributed by atoms with Crippen molar-refractivity contribution >= 4 is 33.2 Å². The van der Waals surface area contributed by atoms with Crippen molar-refractivity contribution in [2.24, 2.45) is 0 Å². The second-order valence-corrected chi connectivity index (χ2v) is 6.30. The summed E-state index contributed by atoms with van der Waals surface area (Å²) in [6.45, 7) is 0.761. The molecule has 1 N–H and O–H groups in total. The number of methoxy groups -OCH3 is 1. The summed E-state index contributed by atoms with van der Waals surface area (Å²) in [7, 11) is 1.58. The molecule has 2 rings (SSSR count). The summed E-state index contributed by atoms with van der Waals surface area (Å²) in [5.74, 6) is 0.661. The molecule has 0 aromatic carbocycles. The highest BCUT2D eigenvalue weighted by Gasteiger charge is 2.30. The van der Waals surface area contributed by atoms with Gasteiger partial charge in [-0.05, 0) is 28.8 Å². The van der Waals surface area contributed by atoms with E-state index in [1.807, 2.05) is 0 Å². The molecular weight excluding hydrogens is 306 g/mol. The SMILES string of the molecule is COc1cc(C(=O)N2CCC[C@@H]2CO)sc1Br. The van der Waals surface area contributed by atoms with Crippen LogP contribution in [0.25, 0.3) is 0 Å². The molecule has 4 nitrogen and oxygen atoms in total. The average Bonchev–Trinajstić information content (AvgIpc) is 2.93. The molecule has 2 heterocycles. The van der Waals surface area contributed by atoms with Gasteiger partial charge in [-0.1, -0.05) is 0 Å². The van der Waals surface area contributed by atoms with Crippen LogP contribution in [0, 0.1) is 0 Å². The van der Waals surface area contributed by atoms with Gasteiger partial charge in [0.2, 0.25) is 0 Å². The molecule has 6 heteroatoms. The van der Waals surface area contributed by atoms with Gasteiger partial charge in [-0.3, -0.25) is 4.79 Å². The first-order valence-corrected chi connectivity index (χ1v) is 7.03. The van der Waals surface area contributed by atoms with Crippen LogP contribution in [0.15, 0.2) is 9.85 Å². The molecule has 1 fully saturated rings. The maximum atomic E-state index is 12.2. The number of thiophene rings is 1. The highest BCUT2D eigenvalue weighted by atomic mass is 79.9. The Labute approximate surface area is 112 Å². The molecule has 1 aromatic heterocycles. The molecule has 1 amide bonds. The third kappa shape index (κ3) is 2.48. The Kier molecular flexibility index (Phi) is 4.06. The molecule has 1 atom stereocenters. The summed E-state index contributed by atoms with van der Waals surface area (Å²) >= 11 is 4.73. The fourth-order valence-corrected chi connectivity index (χ4v) is 3.64. The second kappa shape index (κ2) is 5.37. The molecule has 1 aliphatic rings. The third-order valence-electron chi connectivity index (χ3n) is 2.93. The van der Waals surface area contributed by atoms with Gasteiger partial charge in [0, 0.05) is 12.6 Å². The Morgan fingerprint density at radius 1 is 1.76 bits per heavy atom. The number of carbonyl (C=O) groups excluding carboxylic acids is 1. The van der Waals surface area contributed by atoms with Gasteiger partial charge in [-0.2, -0.15) is 0 Å². The van der Waals surface area contributed by atoms with Crippen LogP contribution in [0.1, 0.15) is 22.5 Å². The first-order chi connectivity index (χ1) is 8.17. The number of halogens is 1. The number of hydrogen-bond acceptors (Lipinski definition) is 4. The van der Waals surface area contributed by atoms with E-state index in [0.29, 0.717) is 10.6 Å². The van der Waals surface area contributed by atoms with E-state index in [1.165, 1.54) is 11.3 Å². The monoisotopic (exact) mass is 319 g/mol. The minimum absolute atomic E-state index is 0.0180. The number of rotatable bonds is 3. The van der Waals surface area contributed by atoms with Gasteiger partial charge < -0.3 is 14.7 Å². The molecule has 1 aromatic rings. The Balaban J connectivity index is 2.18. The van der Waals surface area contributed by atoms with Crippen molar-refractivity contribution in [2.75, 3.05) is 20.3 Å². The van der Waals surface area contributed by atoms with Crippen molar-refractivity contribution in [1.82, 2.24) is 4.90 Å². The van der Waals surface area contributed by atoms with Crippen LogP contribution in [0.5, 0.6) is 5.75 Å². The highest BCUT2D eigenvalue weighted by Crippen LogP contribution is 2.35. The van der Waals surface area contributed by atoms with Crippen molar-refractivity contribution in [3.05, 3.63) is 14.7 Å². The molecule has 0 unspecified atom stereocenters. The minimum atomic E-state index is -0.0330. The van der Waals surface area contributed by atoms with E-state index in [9.17, 15) is 9.90 Å². The zero-order valence-corrected chi connectivity index (χ0v) is 11.9. The van der Waals surface area contributed by atoms with Gasteiger partial charge in [0.1, 0.15) is 9.54 Å². The number of aliphatic hydroxyl groups is 1. The zero-order valence-electron chi connectivity index (χ0n) is 9.48. The molecule has 1 aliphatic heterocycles. The molecule has 94 valence electrons. The number of aliphatic hydroxyl groups excluding tert-OH is 1. The van der Waals surface area contributed by atoms with E-state index >= 15 is 0 Å². The fraction of sp³-hybridized carbons (Fsp3) is 0.545. The van der Waals surface area contributed by atoms with E-state index < -0.39 is 0 Å². The van der Waals surface area contributed by atoms with Crippen LogP contribution in [-0.2, 0) is 0 Å². The van der Waals surface area contributed by atoms with Crippen molar-refractivity contribution in [3.8, 4) is 5.75 Å². The second-order valence-electron chi connectivity index (χ2n) is 3.93.